The van der Waals surface area contributed by atoms with E-state index in [1.54, 1.807) is 4.57 Å². The van der Waals surface area contributed by atoms with Crippen molar-refractivity contribution in [3.8, 4) is 0 Å². The Morgan fingerprint density at radius 1 is 1.48 bits per heavy atom. The molecule has 0 saturated heterocycles. The zero-order valence-electron chi connectivity index (χ0n) is 13.8. The molecule has 0 aliphatic carbocycles. The van der Waals surface area contributed by atoms with Crippen LogP contribution in [0.3, 0.4) is 0 Å². The number of unbranched alkanes of at least 4 members (excludes halogenated alkanes) is 1. The summed E-state index contributed by atoms with van der Waals surface area (Å²) in [6.45, 7) is 6.75. The second-order valence-electron chi connectivity index (χ2n) is 5.51. The number of nitrogens with one attached hydrogen (secondary N) is 1. The number of thioether (sulfide) groups is 1. The Hall–Kier alpha value is -1.34. The number of rotatable bonds is 8. The fourth-order valence-corrected chi connectivity index (χ4v) is 3.71. The van der Waals surface area contributed by atoms with Crippen molar-refractivity contribution in [2.75, 3.05) is 5.75 Å². The maximum atomic E-state index is 12.6. The highest BCUT2D eigenvalue weighted by atomic mass is 32.2. The van der Waals surface area contributed by atoms with Gasteiger partial charge < -0.3 is 5.32 Å². The zero-order valence-corrected chi connectivity index (χ0v) is 15.4. The highest BCUT2D eigenvalue weighted by Gasteiger charge is 2.14. The molecule has 0 radical (unpaired) electrons. The van der Waals surface area contributed by atoms with E-state index in [-0.39, 0.29) is 23.3 Å². The number of carbonyl (C=O) groups excluding carboxylic acids is 1. The second kappa shape index (κ2) is 8.49. The van der Waals surface area contributed by atoms with Crippen molar-refractivity contribution in [3.63, 3.8) is 0 Å². The first-order chi connectivity index (χ1) is 11.1. The van der Waals surface area contributed by atoms with Crippen LogP contribution in [0.25, 0.3) is 10.2 Å². The Morgan fingerprint density at radius 3 is 2.96 bits per heavy atom. The predicted octanol–water partition coefficient (Wildman–Crippen LogP) is 3.26. The molecule has 1 amide bonds. The Labute approximate surface area is 144 Å². The quantitative estimate of drug-likeness (QED) is 0.584. The molecule has 2 aromatic rings. The number of hydrogen-bond acceptors (Lipinski definition) is 5. The molecule has 23 heavy (non-hydrogen) atoms. The molecule has 0 aliphatic heterocycles. The molecule has 2 rings (SSSR count). The van der Waals surface area contributed by atoms with Crippen LogP contribution in [-0.2, 0) is 11.3 Å². The van der Waals surface area contributed by atoms with E-state index in [0.29, 0.717) is 16.4 Å². The molecular formula is C16H23N3O2S2. The van der Waals surface area contributed by atoms with Crippen molar-refractivity contribution < 1.29 is 4.79 Å². The maximum absolute atomic E-state index is 12.6. The Bertz CT molecular complexity index is 724. The Kier molecular flexibility index (Phi) is 6.65. The maximum Gasteiger partial charge on any atom is 0.272 e. The fourth-order valence-electron chi connectivity index (χ4n) is 2.10. The van der Waals surface area contributed by atoms with Gasteiger partial charge in [-0.3, -0.25) is 14.2 Å². The fraction of sp³-hybridized carbons (Fsp3) is 0.562. The summed E-state index contributed by atoms with van der Waals surface area (Å²) in [6, 6.07) is 2.02. The number of carbonyl (C=O) groups is 1. The highest BCUT2D eigenvalue weighted by molar-refractivity contribution is 7.99. The van der Waals surface area contributed by atoms with E-state index in [1.165, 1.54) is 23.1 Å². The molecule has 126 valence electrons. The minimum atomic E-state index is -0.0222. The van der Waals surface area contributed by atoms with Crippen LogP contribution in [0.15, 0.2) is 21.4 Å². The minimum absolute atomic E-state index is 0.00304. The molecule has 7 heteroatoms. The topological polar surface area (TPSA) is 64.0 Å². The first kappa shape index (κ1) is 18.0. The van der Waals surface area contributed by atoms with Gasteiger partial charge in [0.15, 0.2) is 5.16 Å². The van der Waals surface area contributed by atoms with Gasteiger partial charge in [-0.2, -0.15) is 0 Å². The molecule has 1 atom stereocenters. The summed E-state index contributed by atoms with van der Waals surface area (Å²) in [6.07, 6.45) is 2.83. The normalized spacial score (nSPS) is 12.5. The van der Waals surface area contributed by atoms with Gasteiger partial charge in [-0.05, 0) is 31.2 Å². The first-order valence-electron chi connectivity index (χ1n) is 7.97. The number of hydrogen-bond donors (Lipinski definition) is 1. The first-order valence-corrected chi connectivity index (χ1v) is 9.83. The molecule has 0 bridgehead atoms. The van der Waals surface area contributed by atoms with Gasteiger partial charge in [0.25, 0.3) is 5.56 Å². The van der Waals surface area contributed by atoms with Crippen LogP contribution in [0.4, 0.5) is 0 Å². The van der Waals surface area contributed by atoms with Gasteiger partial charge in [0.05, 0.1) is 11.3 Å². The van der Waals surface area contributed by atoms with Gasteiger partial charge in [-0.1, -0.05) is 32.0 Å². The molecule has 0 spiro atoms. The van der Waals surface area contributed by atoms with E-state index in [0.717, 1.165) is 24.8 Å². The van der Waals surface area contributed by atoms with Crippen molar-refractivity contribution in [3.05, 3.63) is 21.8 Å². The van der Waals surface area contributed by atoms with Crippen LogP contribution < -0.4 is 10.9 Å². The standard InChI is InChI=1S/C16H23N3O2S2/c1-4-6-8-19-15(21)14-12(7-9-22-14)18-16(19)23-10-13(20)17-11(3)5-2/h7,9,11H,4-6,8,10H2,1-3H3,(H,17,20)/t11-/m1/s1. The Morgan fingerprint density at radius 2 is 2.26 bits per heavy atom. The third-order valence-corrected chi connectivity index (χ3v) is 5.49. The van der Waals surface area contributed by atoms with Crippen LogP contribution in [0.5, 0.6) is 0 Å². The van der Waals surface area contributed by atoms with Gasteiger partial charge in [-0.15, -0.1) is 11.3 Å². The number of fused-ring (bicyclic) bond motifs is 1. The van der Waals surface area contributed by atoms with Crippen LogP contribution in [-0.4, -0.2) is 27.3 Å². The number of aromatic nitrogens is 2. The molecule has 0 aromatic carbocycles. The number of amides is 1. The second-order valence-corrected chi connectivity index (χ2v) is 7.36. The summed E-state index contributed by atoms with van der Waals surface area (Å²) >= 11 is 2.76. The van der Waals surface area contributed by atoms with Crippen molar-refractivity contribution >= 4 is 39.2 Å². The molecule has 1 N–H and O–H groups in total. The number of nitrogens with zero attached hydrogens (tertiary/aromatic N) is 2. The number of thiophene rings is 1. The van der Waals surface area contributed by atoms with E-state index < -0.39 is 0 Å². The lowest BCUT2D eigenvalue weighted by Crippen LogP contribution is -2.33. The Balaban J connectivity index is 2.20. The summed E-state index contributed by atoms with van der Waals surface area (Å²) in [5, 5.41) is 5.45. The van der Waals surface area contributed by atoms with Gasteiger partial charge in [0.1, 0.15) is 4.70 Å². The zero-order chi connectivity index (χ0) is 16.8. The lowest BCUT2D eigenvalue weighted by Gasteiger charge is -2.13. The summed E-state index contributed by atoms with van der Waals surface area (Å²) in [5.41, 5.74) is 0.723. The van der Waals surface area contributed by atoms with Gasteiger partial charge in [0, 0.05) is 12.6 Å². The SMILES string of the molecule is CCCCn1c(SCC(=O)N[C@H](C)CC)nc2ccsc2c1=O. The monoisotopic (exact) mass is 353 g/mol. The molecular weight excluding hydrogens is 330 g/mol. The van der Waals surface area contributed by atoms with Gasteiger partial charge in [0.2, 0.25) is 5.91 Å². The van der Waals surface area contributed by atoms with E-state index in [9.17, 15) is 9.59 Å². The predicted molar refractivity (Wildman–Crippen MR) is 97.4 cm³/mol. The third kappa shape index (κ3) is 4.57. The van der Waals surface area contributed by atoms with Crippen molar-refractivity contribution in [1.82, 2.24) is 14.9 Å². The van der Waals surface area contributed by atoms with Crippen LogP contribution in [0, 0.1) is 0 Å². The summed E-state index contributed by atoms with van der Waals surface area (Å²) in [4.78, 5) is 29.1. The van der Waals surface area contributed by atoms with Crippen LogP contribution in [0.2, 0.25) is 0 Å². The van der Waals surface area contributed by atoms with Crippen molar-refractivity contribution in [2.24, 2.45) is 0 Å². The van der Waals surface area contributed by atoms with Gasteiger partial charge in [-0.25, -0.2) is 4.98 Å². The molecule has 0 saturated carbocycles. The molecule has 5 nitrogen and oxygen atoms in total. The van der Waals surface area contributed by atoms with Gasteiger partial charge >= 0.3 is 0 Å². The van der Waals surface area contributed by atoms with Crippen LogP contribution in [0.1, 0.15) is 40.0 Å². The largest absolute Gasteiger partial charge is 0.353 e. The summed E-state index contributed by atoms with van der Waals surface area (Å²) < 4.78 is 2.40. The highest BCUT2D eigenvalue weighted by Crippen LogP contribution is 2.21. The summed E-state index contributed by atoms with van der Waals surface area (Å²) in [5.74, 6) is 0.254. The van der Waals surface area contributed by atoms with E-state index in [4.69, 9.17) is 0 Å². The molecule has 2 heterocycles. The van der Waals surface area contributed by atoms with E-state index in [2.05, 4.69) is 17.2 Å². The molecule has 2 aromatic heterocycles. The minimum Gasteiger partial charge on any atom is -0.353 e. The molecule has 0 unspecified atom stereocenters. The van der Waals surface area contributed by atoms with E-state index >= 15 is 0 Å². The van der Waals surface area contributed by atoms with Crippen molar-refractivity contribution in [2.45, 2.75) is 57.8 Å². The summed E-state index contributed by atoms with van der Waals surface area (Å²) in [7, 11) is 0. The average molecular weight is 354 g/mol. The lowest BCUT2D eigenvalue weighted by molar-refractivity contribution is -0.119. The average Bonchev–Trinajstić information content (AvgIpc) is 3.00. The smallest absolute Gasteiger partial charge is 0.272 e. The van der Waals surface area contributed by atoms with Crippen molar-refractivity contribution in [1.29, 1.82) is 0 Å². The molecule has 0 aliphatic rings. The van der Waals surface area contributed by atoms with E-state index in [1.807, 2.05) is 25.3 Å². The third-order valence-electron chi connectivity index (χ3n) is 3.62. The molecule has 0 fully saturated rings. The van der Waals surface area contributed by atoms with Crippen LogP contribution >= 0.6 is 23.1 Å². The lowest BCUT2D eigenvalue weighted by atomic mass is 10.3.